The molecule has 1 aliphatic heterocycles. The summed E-state index contributed by atoms with van der Waals surface area (Å²) in [6.45, 7) is 1.32. The van der Waals surface area contributed by atoms with E-state index in [-0.39, 0.29) is 5.69 Å². The summed E-state index contributed by atoms with van der Waals surface area (Å²) >= 11 is 0. The third kappa shape index (κ3) is 4.03. The second kappa shape index (κ2) is 7.43. The largest absolute Gasteiger partial charge is 0.480 e. The smallest absolute Gasteiger partial charge is 0.320 e. The first kappa shape index (κ1) is 17.1. The van der Waals surface area contributed by atoms with E-state index in [0.29, 0.717) is 36.6 Å². The number of nitrogens with zero attached hydrogens (tertiary/aromatic N) is 3. The third-order valence-electron chi connectivity index (χ3n) is 4.41. The summed E-state index contributed by atoms with van der Waals surface area (Å²) in [5, 5.41) is 20.2. The number of hydrogen-bond donors (Lipinski definition) is 1. The van der Waals surface area contributed by atoms with Gasteiger partial charge in [-0.25, -0.2) is 4.98 Å². The topological polar surface area (TPSA) is 110 Å². The number of aliphatic carboxylic acids is 1. The van der Waals surface area contributed by atoms with Crippen molar-refractivity contribution in [1.82, 2.24) is 9.88 Å². The highest BCUT2D eigenvalue weighted by Gasteiger charge is 2.28. The van der Waals surface area contributed by atoms with Crippen molar-refractivity contribution in [3.63, 3.8) is 0 Å². The molecule has 0 spiro atoms. The second-order valence-corrected chi connectivity index (χ2v) is 6.06. The van der Waals surface area contributed by atoms with E-state index >= 15 is 0 Å². The zero-order valence-corrected chi connectivity index (χ0v) is 13.6. The molecule has 2 heterocycles. The van der Waals surface area contributed by atoms with Gasteiger partial charge in [0.25, 0.3) is 5.69 Å². The summed E-state index contributed by atoms with van der Waals surface area (Å²) in [5.74, 6) is 0.174. The number of aromatic nitrogens is 1. The van der Waals surface area contributed by atoms with Crippen LogP contribution in [0.4, 0.5) is 5.69 Å². The Bertz CT molecular complexity index is 773. The van der Waals surface area contributed by atoms with Gasteiger partial charge in [-0.15, -0.1) is 0 Å². The maximum atomic E-state index is 11.3. The minimum atomic E-state index is -0.788. The van der Waals surface area contributed by atoms with E-state index in [9.17, 15) is 20.0 Å². The van der Waals surface area contributed by atoms with Crippen LogP contribution in [0, 0.1) is 10.1 Å². The molecule has 1 unspecified atom stereocenters. The maximum Gasteiger partial charge on any atom is 0.320 e. The first-order chi connectivity index (χ1) is 12.0. The first-order valence-electron chi connectivity index (χ1n) is 8.21. The van der Waals surface area contributed by atoms with Crippen molar-refractivity contribution in [3.8, 4) is 11.3 Å². The van der Waals surface area contributed by atoms with Gasteiger partial charge >= 0.3 is 5.97 Å². The minimum absolute atomic E-state index is 0.00642. The van der Waals surface area contributed by atoms with Crippen molar-refractivity contribution in [1.29, 1.82) is 0 Å². The minimum Gasteiger partial charge on any atom is -0.480 e. The lowest BCUT2D eigenvalue weighted by atomic mass is 10.0. The van der Waals surface area contributed by atoms with E-state index in [2.05, 4.69) is 4.98 Å². The van der Waals surface area contributed by atoms with Crippen LogP contribution < -0.4 is 0 Å². The Hall–Kier alpha value is -2.74. The van der Waals surface area contributed by atoms with Gasteiger partial charge in [0.2, 0.25) is 0 Å². The Morgan fingerprint density at radius 2 is 2.28 bits per heavy atom. The number of non-ortho nitro benzene ring substituents is 1. The number of oxazole rings is 1. The van der Waals surface area contributed by atoms with Crippen LogP contribution >= 0.6 is 0 Å². The monoisotopic (exact) mass is 345 g/mol. The maximum absolute atomic E-state index is 11.3. The predicted octanol–water partition coefficient (Wildman–Crippen LogP) is 2.73. The third-order valence-corrected chi connectivity index (χ3v) is 4.41. The molecule has 0 bridgehead atoms. The Morgan fingerprint density at radius 3 is 3.04 bits per heavy atom. The molecule has 1 aromatic heterocycles. The zero-order chi connectivity index (χ0) is 17.8. The van der Waals surface area contributed by atoms with Crippen LogP contribution in [0.25, 0.3) is 11.3 Å². The number of piperidine rings is 1. The van der Waals surface area contributed by atoms with Crippen LogP contribution in [0.3, 0.4) is 0 Å². The number of carboxylic acids is 1. The van der Waals surface area contributed by atoms with Gasteiger partial charge < -0.3 is 9.52 Å². The lowest BCUT2D eigenvalue weighted by Gasteiger charge is -2.32. The average Bonchev–Trinajstić information content (AvgIpc) is 3.09. The van der Waals surface area contributed by atoms with E-state index in [0.717, 1.165) is 19.4 Å². The molecule has 1 aliphatic rings. The van der Waals surface area contributed by atoms with E-state index in [1.165, 1.54) is 12.1 Å². The Balaban J connectivity index is 1.66. The molecule has 2 aromatic rings. The molecule has 0 saturated carbocycles. The average molecular weight is 345 g/mol. The Kier molecular flexibility index (Phi) is 5.08. The van der Waals surface area contributed by atoms with Crippen molar-refractivity contribution in [2.75, 3.05) is 13.1 Å². The van der Waals surface area contributed by atoms with E-state index in [1.54, 1.807) is 18.3 Å². The highest BCUT2D eigenvalue weighted by atomic mass is 16.6. The molecule has 3 rings (SSSR count). The molecule has 1 saturated heterocycles. The first-order valence-corrected chi connectivity index (χ1v) is 8.21. The van der Waals surface area contributed by atoms with Gasteiger partial charge in [-0.2, -0.15) is 0 Å². The lowest BCUT2D eigenvalue weighted by molar-refractivity contribution is -0.384. The molecule has 132 valence electrons. The van der Waals surface area contributed by atoms with Crippen molar-refractivity contribution in [2.45, 2.75) is 31.7 Å². The highest BCUT2D eigenvalue weighted by Crippen LogP contribution is 2.25. The molecular formula is C17H19N3O5. The number of nitro groups is 1. The number of benzene rings is 1. The highest BCUT2D eigenvalue weighted by molar-refractivity contribution is 5.73. The number of likely N-dealkylation sites (tertiary alicyclic amines) is 1. The quantitative estimate of drug-likeness (QED) is 0.633. The molecule has 1 aromatic carbocycles. The fourth-order valence-electron chi connectivity index (χ4n) is 3.11. The van der Waals surface area contributed by atoms with Gasteiger partial charge in [0, 0.05) is 30.7 Å². The molecule has 8 nitrogen and oxygen atoms in total. The fraction of sp³-hybridized carbons (Fsp3) is 0.412. The summed E-state index contributed by atoms with van der Waals surface area (Å²) in [6.07, 6.45) is 4.63. The molecule has 1 N–H and O–H groups in total. The second-order valence-electron chi connectivity index (χ2n) is 6.06. The summed E-state index contributed by atoms with van der Waals surface area (Å²) in [6, 6.07) is 5.74. The SMILES string of the molecule is O=C(O)C1CCCCN1CCc1ncc(-c2cccc([N+](=O)[O-])c2)o1. The zero-order valence-electron chi connectivity index (χ0n) is 13.6. The molecule has 1 fully saturated rings. The molecule has 0 aliphatic carbocycles. The molecule has 0 radical (unpaired) electrons. The molecule has 1 atom stereocenters. The van der Waals surface area contributed by atoms with Crippen LogP contribution in [0.1, 0.15) is 25.2 Å². The van der Waals surface area contributed by atoms with Gasteiger partial charge in [-0.1, -0.05) is 18.6 Å². The molecule has 25 heavy (non-hydrogen) atoms. The standard InChI is InChI=1S/C17H19N3O5/c21-17(22)14-6-1-2-8-19(14)9-7-16-18-11-15(25-16)12-4-3-5-13(10-12)20(23)24/h3-5,10-11,14H,1-2,6-9H2,(H,21,22). The summed E-state index contributed by atoms with van der Waals surface area (Å²) in [7, 11) is 0. The summed E-state index contributed by atoms with van der Waals surface area (Å²) in [5.41, 5.74) is 0.586. The summed E-state index contributed by atoms with van der Waals surface area (Å²) < 4.78 is 5.68. The summed E-state index contributed by atoms with van der Waals surface area (Å²) in [4.78, 5) is 27.9. The van der Waals surface area contributed by atoms with Gasteiger partial charge in [-0.3, -0.25) is 19.8 Å². The predicted molar refractivity (Wildman–Crippen MR) is 89.1 cm³/mol. The van der Waals surface area contributed by atoms with Crippen molar-refractivity contribution in [2.24, 2.45) is 0 Å². The van der Waals surface area contributed by atoms with Gasteiger partial charge in [0.1, 0.15) is 6.04 Å². The van der Waals surface area contributed by atoms with Gasteiger partial charge in [0.15, 0.2) is 11.7 Å². The van der Waals surface area contributed by atoms with E-state index < -0.39 is 16.9 Å². The lowest BCUT2D eigenvalue weighted by Crippen LogP contribution is -2.45. The Labute approximate surface area is 144 Å². The van der Waals surface area contributed by atoms with Crippen molar-refractivity contribution < 1.29 is 19.2 Å². The van der Waals surface area contributed by atoms with Crippen LogP contribution in [0.5, 0.6) is 0 Å². The van der Waals surface area contributed by atoms with E-state index in [4.69, 9.17) is 4.42 Å². The number of carbonyl (C=O) groups is 1. The van der Waals surface area contributed by atoms with Gasteiger partial charge in [-0.05, 0) is 19.4 Å². The van der Waals surface area contributed by atoms with Gasteiger partial charge in [0.05, 0.1) is 11.1 Å². The van der Waals surface area contributed by atoms with Crippen LogP contribution in [0.2, 0.25) is 0 Å². The van der Waals surface area contributed by atoms with Crippen molar-refractivity contribution in [3.05, 3.63) is 46.5 Å². The number of hydrogen-bond acceptors (Lipinski definition) is 6. The van der Waals surface area contributed by atoms with Crippen LogP contribution in [-0.4, -0.2) is 45.0 Å². The molecular weight excluding hydrogens is 326 g/mol. The molecule has 8 heteroatoms. The fourth-order valence-corrected chi connectivity index (χ4v) is 3.11. The number of carboxylic acid groups (broad SMARTS) is 1. The van der Waals surface area contributed by atoms with E-state index in [1.807, 2.05) is 4.90 Å². The molecule has 0 amide bonds. The van der Waals surface area contributed by atoms with Crippen molar-refractivity contribution >= 4 is 11.7 Å². The Morgan fingerprint density at radius 1 is 1.44 bits per heavy atom. The van der Waals surface area contributed by atoms with Crippen LogP contribution in [0.15, 0.2) is 34.9 Å². The normalized spacial score (nSPS) is 18.2. The number of rotatable bonds is 6. The van der Waals surface area contributed by atoms with Crippen LogP contribution in [-0.2, 0) is 11.2 Å². The number of nitro benzene ring substituents is 1.